The number of cyclic esters (lactones) is 1. The summed E-state index contributed by atoms with van der Waals surface area (Å²) in [5.41, 5.74) is 2.05. The van der Waals surface area contributed by atoms with Crippen LogP contribution < -0.4 is 5.32 Å². The third-order valence-corrected chi connectivity index (χ3v) is 4.26. The molecule has 1 aromatic carbocycles. The van der Waals surface area contributed by atoms with Gasteiger partial charge in [-0.05, 0) is 11.6 Å². The van der Waals surface area contributed by atoms with E-state index in [9.17, 15) is 9.59 Å². The van der Waals surface area contributed by atoms with Crippen molar-refractivity contribution in [2.75, 3.05) is 13.7 Å². The van der Waals surface area contributed by atoms with Gasteiger partial charge in [0.15, 0.2) is 0 Å². The van der Waals surface area contributed by atoms with Crippen LogP contribution in [0.3, 0.4) is 0 Å². The van der Waals surface area contributed by atoms with E-state index in [1.807, 2.05) is 42.1 Å². The van der Waals surface area contributed by atoms with Gasteiger partial charge in [-0.1, -0.05) is 18.2 Å². The predicted molar refractivity (Wildman–Crippen MR) is 85.0 cm³/mol. The molecule has 1 N–H and O–H groups in total. The summed E-state index contributed by atoms with van der Waals surface area (Å²) in [5.74, 6) is -0.951. The van der Waals surface area contributed by atoms with Gasteiger partial charge in [0.2, 0.25) is 5.91 Å². The zero-order chi connectivity index (χ0) is 16.6. The molecule has 2 aromatic rings. The minimum atomic E-state index is -0.696. The molecule has 23 heavy (non-hydrogen) atoms. The van der Waals surface area contributed by atoms with Crippen molar-refractivity contribution < 1.29 is 19.1 Å². The number of rotatable bonds is 4. The Morgan fingerprint density at radius 1 is 1.39 bits per heavy atom. The van der Waals surface area contributed by atoms with Gasteiger partial charge in [-0.3, -0.25) is 4.79 Å². The van der Waals surface area contributed by atoms with Gasteiger partial charge >= 0.3 is 5.97 Å². The molecule has 2 heterocycles. The van der Waals surface area contributed by atoms with Gasteiger partial charge in [0, 0.05) is 38.2 Å². The van der Waals surface area contributed by atoms with Crippen molar-refractivity contribution in [3.63, 3.8) is 0 Å². The van der Waals surface area contributed by atoms with Crippen molar-refractivity contribution in [2.24, 2.45) is 7.05 Å². The Labute approximate surface area is 134 Å². The van der Waals surface area contributed by atoms with E-state index in [0.717, 1.165) is 16.5 Å². The fourth-order valence-electron chi connectivity index (χ4n) is 3.35. The lowest BCUT2D eigenvalue weighted by molar-refractivity contribution is -0.145. The normalized spacial score (nSPS) is 24.0. The molecule has 3 atom stereocenters. The molecule has 0 bridgehead atoms. The smallest absolute Gasteiger partial charge is 0.329 e. The second-order valence-electron chi connectivity index (χ2n) is 5.85. The number of methoxy groups -OCH3 is 1. The lowest BCUT2D eigenvalue weighted by Crippen LogP contribution is -2.41. The van der Waals surface area contributed by atoms with Crippen molar-refractivity contribution in [2.45, 2.75) is 25.0 Å². The van der Waals surface area contributed by atoms with Gasteiger partial charge in [-0.2, -0.15) is 0 Å². The molecule has 0 radical (unpaired) electrons. The number of benzene rings is 1. The number of ether oxygens (including phenoxy) is 2. The van der Waals surface area contributed by atoms with E-state index in [1.165, 1.54) is 6.92 Å². The molecular weight excluding hydrogens is 296 g/mol. The monoisotopic (exact) mass is 316 g/mol. The SMILES string of the molecule is COC[C@H]1OC(=O)[C@@H](NC(C)=O)[C@@H]1c1cn(C)c2ccccc12. The maximum absolute atomic E-state index is 12.2. The van der Waals surface area contributed by atoms with Crippen molar-refractivity contribution in [3.8, 4) is 0 Å². The highest BCUT2D eigenvalue weighted by Crippen LogP contribution is 2.37. The molecule has 1 fully saturated rings. The number of esters is 1. The van der Waals surface area contributed by atoms with Crippen LogP contribution in [0.1, 0.15) is 18.4 Å². The zero-order valence-corrected chi connectivity index (χ0v) is 13.4. The predicted octanol–water partition coefficient (Wildman–Crippen LogP) is 1.34. The van der Waals surface area contributed by atoms with E-state index in [2.05, 4.69) is 5.32 Å². The van der Waals surface area contributed by atoms with Gasteiger partial charge in [0.25, 0.3) is 0 Å². The maximum atomic E-state index is 12.2. The number of para-hydroxylation sites is 1. The molecule has 1 aliphatic heterocycles. The largest absolute Gasteiger partial charge is 0.458 e. The molecule has 0 unspecified atom stereocenters. The van der Waals surface area contributed by atoms with Crippen LogP contribution in [0, 0.1) is 0 Å². The number of amides is 1. The fourth-order valence-corrected chi connectivity index (χ4v) is 3.35. The van der Waals surface area contributed by atoms with Crippen LogP contribution >= 0.6 is 0 Å². The minimum absolute atomic E-state index is 0.254. The maximum Gasteiger partial charge on any atom is 0.329 e. The van der Waals surface area contributed by atoms with E-state index in [4.69, 9.17) is 9.47 Å². The van der Waals surface area contributed by atoms with Gasteiger partial charge < -0.3 is 19.4 Å². The third kappa shape index (κ3) is 2.70. The van der Waals surface area contributed by atoms with Crippen LogP contribution in [0.5, 0.6) is 0 Å². The summed E-state index contributed by atoms with van der Waals surface area (Å²) < 4.78 is 12.7. The fraction of sp³-hybridized carbons (Fsp3) is 0.412. The number of nitrogens with one attached hydrogen (secondary N) is 1. The number of aromatic nitrogens is 1. The average Bonchev–Trinajstić information content (AvgIpc) is 2.98. The number of nitrogens with zero attached hydrogens (tertiary/aromatic N) is 1. The van der Waals surface area contributed by atoms with Crippen LogP contribution in [0.2, 0.25) is 0 Å². The summed E-state index contributed by atoms with van der Waals surface area (Å²) in [6.45, 7) is 1.69. The second-order valence-corrected chi connectivity index (χ2v) is 5.85. The van der Waals surface area contributed by atoms with Crippen LogP contribution in [-0.4, -0.2) is 42.3 Å². The highest BCUT2D eigenvalue weighted by molar-refractivity contribution is 5.90. The van der Waals surface area contributed by atoms with E-state index < -0.39 is 18.1 Å². The first-order valence-corrected chi connectivity index (χ1v) is 7.53. The number of aryl methyl sites for hydroxylation is 1. The lowest BCUT2D eigenvalue weighted by atomic mass is 9.88. The molecule has 0 aliphatic carbocycles. The van der Waals surface area contributed by atoms with Gasteiger partial charge in [0.1, 0.15) is 12.1 Å². The van der Waals surface area contributed by atoms with E-state index in [0.29, 0.717) is 0 Å². The van der Waals surface area contributed by atoms with Crippen molar-refractivity contribution in [3.05, 3.63) is 36.0 Å². The molecule has 6 nitrogen and oxygen atoms in total. The van der Waals surface area contributed by atoms with Crippen LogP contribution in [0.4, 0.5) is 0 Å². The Hall–Kier alpha value is -2.34. The Kier molecular flexibility index (Phi) is 4.09. The highest BCUT2D eigenvalue weighted by Gasteiger charge is 2.47. The summed E-state index contributed by atoms with van der Waals surface area (Å²) >= 11 is 0. The first-order chi connectivity index (χ1) is 11.0. The Balaban J connectivity index is 2.10. The molecule has 122 valence electrons. The molecule has 1 amide bonds. The van der Waals surface area contributed by atoms with E-state index >= 15 is 0 Å². The van der Waals surface area contributed by atoms with Crippen LogP contribution in [-0.2, 0) is 26.1 Å². The van der Waals surface area contributed by atoms with Crippen molar-refractivity contribution in [1.29, 1.82) is 0 Å². The number of hydrogen-bond acceptors (Lipinski definition) is 4. The standard InChI is InChI=1S/C17H20N2O4/c1-10(20)18-16-15(14(9-22-3)23-17(16)21)12-8-19(2)13-7-5-4-6-11(12)13/h4-8,14-16H,9H2,1-3H3,(H,18,20)/t14-,15-,16+/m1/s1. The molecule has 1 aromatic heterocycles. The number of carbonyl (C=O) groups excluding carboxylic acids is 2. The van der Waals surface area contributed by atoms with Crippen molar-refractivity contribution in [1.82, 2.24) is 9.88 Å². The summed E-state index contributed by atoms with van der Waals surface area (Å²) in [7, 11) is 3.53. The van der Waals surface area contributed by atoms with Gasteiger partial charge in [-0.15, -0.1) is 0 Å². The molecule has 1 saturated heterocycles. The summed E-state index contributed by atoms with van der Waals surface area (Å²) in [6, 6.07) is 7.28. The number of fused-ring (bicyclic) bond motifs is 1. The molecule has 1 aliphatic rings. The zero-order valence-electron chi connectivity index (χ0n) is 13.4. The van der Waals surface area contributed by atoms with Crippen molar-refractivity contribution >= 4 is 22.8 Å². The Morgan fingerprint density at radius 3 is 2.83 bits per heavy atom. The second kappa shape index (κ2) is 6.04. The average molecular weight is 316 g/mol. The van der Waals surface area contributed by atoms with E-state index in [-0.39, 0.29) is 18.4 Å². The molecule has 6 heteroatoms. The molecular formula is C17H20N2O4. The van der Waals surface area contributed by atoms with Gasteiger partial charge in [-0.25, -0.2) is 4.79 Å². The first-order valence-electron chi connectivity index (χ1n) is 7.53. The van der Waals surface area contributed by atoms with Crippen LogP contribution in [0.25, 0.3) is 10.9 Å². The molecule has 0 saturated carbocycles. The Morgan fingerprint density at radius 2 is 2.13 bits per heavy atom. The Bertz CT molecular complexity index is 752. The van der Waals surface area contributed by atoms with E-state index in [1.54, 1.807) is 7.11 Å². The summed E-state index contributed by atoms with van der Waals surface area (Å²) in [4.78, 5) is 23.7. The quantitative estimate of drug-likeness (QED) is 0.864. The number of carbonyl (C=O) groups is 2. The molecule has 3 rings (SSSR count). The minimum Gasteiger partial charge on any atom is -0.458 e. The lowest BCUT2D eigenvalue weighted by Gasteiger charge is -2.20. The molecule has 0 spiro atoms. The van der Waals surface area contributed by atoms with Gasteiger partial charge in [0.05, 0.1) is 12.5 Å². The first kappa shape index (κ1) is 15.6. The number of hydrogen-bond donors (Lipinski definition) is 1. The third-order valence-electron chi connectivity index (χ3n) is 4.26. The summed E-state index contributed by atoms with van der Waals surface area (Å²) in [6.07, 6.45) is 1.57. The van der Waals surface area contributed by atoms with Crippen LogP contribution in [0.15, 0.2) is 30.5 Å². The highest BCUT2D eigenvalue weighted by atomic mass is 16.6. The summed E-state index contributed by atoms with van der Waals surface area (Å²) in [5, 5.41) is 3.77. The topological polar surface area (TPSA) is 69.6 Å².